The highest BCUT2D eigenvalue weighted by atomic mass is 16.5. The van der Waals surface area contributed by atoms with Gasteiger partial charge in [-0.15, -0.1) is 0 Å². The van der Waals surface area contributed by atoms with Crippen LogP contribution in [0.4, 0.5) is 0 Å². The molecule has 0 aromatic heterocycles. The normalized spacial score (nSPS) is 32.4. The molecule has 1 aliphatic carbocycles. The Morgan fingerprint density at radius 1 is 1.53 bits per heavy atom. The van der Waals surface area contributed by atoms with E-state index in [-0.39, 0.29) is 5.97 Å². The summed E-state index contributed by atoms with van der Waals surface area (Å²) in [5.41, 5.74) is 1.23. The van der Waals surface area contributed by atoms with E-state index in [9.17, 15) is 4.79 Å². The van der Waals surface area contributed by atoms with Gasteiger partial charge in [-0.3, -0.25) is 0 Å². The smallest absolute Gasteiger partial charge is 0.330 e. The van der Waals surface area contributed by atoms with E-state index in [1.807, 2.05) is 0 Å². The van der Waals surface area contributed by atoms with Crippen LogP contribution in [0.15, 0.2) is 11.6 Å². The number of esters is 1. The van der Waals surface area contributed by atoms with Gasteiger partial charge in [0.1, 0.15) is 0 Å². The number of methoxy groups -OCH3 is 1. The second-order valence-corrected chi connectivity index (χ2v) is 4.73. The number of carbonyl (C=O) groups is 1. The summed E-state index contributed by atoms with van der Waals surface area (Å²) in [4.78, 5) is 11.4. The van der Waals surface area contributed by atoms with Gasteiger partial charge in [-0.05, 0) is 25.2 Å². The Hall–Kier alpha value is -0.870. The molecule has 2 atom stereocenters. The van der Waals surface area contributed by atoms with Gasteiger partial charge in [-0.2, -0.15) is 0 Å². The van der Waals surface area contributed by atoms with Gasteiger partial charge in [-0.25, -0.2) is 4.79 Å². The summed E-state index contributed by atoms with van der Waals surface area (Å²) in [5.74, 6) is 0.201. The van der Waals surface area contributed by atoms with Crippen LogP contribution in [0.1, 0.15) is 25.7 Å². The van der Waals surface area contributed by atoms with Crippen LogP contribution < -0.4 is 5.32 Å². The van der Waals surface area contributed by atoms with E-state index >= 15 is 0 Å². The third kappa shape index (κ3) is 3.30. The van der Waals surface area contributed by atoms with Crippen LogP contribution >= 0.6 is 0 Å². The Morgan fingerprint density at radius 3 is 3.12 bits per heavy atom. The number of hydrogen-bond donors (Lipinski definition) is 1. The molecule has 1 heterocycles. The van der Waals surface area contributed by atoms with Crippen LogP contribution in [-0.2, 0) is 14.3 Å². The van der Waals surface area contributed by atoms with Crippen molar-refractivity contribution in [2.45, 2.75) is 31.7 Å². The molecule has 2 fully saturated rings. The summed E-state index contributed by atoms with van der Waals surface area (Å²) < 4.78 is 10.2. The van der Waals surface area contributed by atoms with Crippen LogP contribution in [0.2, 0.25) is 0 Å². The van der Waals surface area contributed by atoms with Crippen LogP contribution in [-0.4, -0.2) is 38.9 Å². The average molecular weight is 239 g/mol. The van der Waals surface area contributed by atoms with Gasteiger partial charge < -0.3 is 14.8 Å². The van der Waals surface area contributed by atoms with E-state index in [2.05, 4.69) is 5.32 Å². The fraction of sp³-hybridized carbons (Fsp3) is 0.769. The maximum absolute atomic E-state index is 11.4. The van der Waals surface area contributed by atoms with Gasteiger partial charge in [0.25, 0.3) is 0 Å². The number of carbonyl (C=O) groups excluding carboxylic acids is 1. The molecule has 17 heavy (non-hydrogen) atoms. The first-order valence-corrected chi connectivity index (χ1v) is 6.41. The van der Waals surface area contributed by atoms with E-state index in [1.54, 1.807) is 6.08 Å². The van der Waals surface area contributed by atoms with Gasteiger partial charge in [0.15, 0.2) is 0 Å². The van der Waals surface area contributed by atoms with Gasteiger partial charge in [0, 0.05) is 18.7 Å². The van der Waals surface area contributed by atoms with Gasteiger partial charge in [0.05, 0.1) is 20.3 Å². The lowest BCUT2D eigenvalue weighted by atomic mass is 9.79. The SMILES string of the molecule is COC(=O)/C=C1/CCCCC1C1COCCN1. The first-order chi connectivity index (χ1) is 8.31. The highest BCUT2D eigenvalue weighted by molar-refractivity contribution is 5.82. The summed E-state index contributed by atoms with van der Waals surface area (Å²) in [7, 11) is 1.43. The number of ether oxygens (including phenoxy) is 2. The second kappa shape index (κ2) is 6.17. The number of nitrogens with one attached hydrogen (secondary N) is 1. The molecule has 2 unspecified atom stereocenters. The van der Waals surface area contributed by atoms with Gasteiger partial charge in [-0.1, -0.05) is 12.0 Å². The summed E-state index contributed by atoms with van der Waals surface area (Å²) in [6.45, 7) is 2.45. The Balaban J connectivity index is 2.05. The number of rotatable bonds is 2. The fourth-order valence-electron chi connectivity index (χ4n) is 2.76. The maximum atomic E-state index is 11.4. The Kier molecular flexibility index (Phi) is 4.57. The predicted molar refractivity (Wildman–Crippen MR) is 64.7 cm³/mol. The molecule has 2 rings (SSSR count). The zero-order valence-electron chi connectivity index (χ0n) is 10.4. The highest BCUT2D eigenvalue weighted by Crippen LogP contribution is 2.32. The molecule has 1 aliphatic heterocycles. The van der Waals surface area contributed by atoms with E-state index in [4.69, 9.17) is 9.47 Å². The first-order valence-electron chi connectivity index (χ1n) is 6.41. The van der Waals surface area contributed by atoms with E-state index < -0.39 is 0 Å². The molecule has 2 aliphatic rings. The zero-order chi connectivity index (χ0) is 12.1. The van der Waals surface area contributed by atoms with Crippen LogP contribution in [0.5, 0.6) is 0 Å². The molecule has 4 nitrogen and oxygen atoms in total. The molecule has 4 heteroatoms. The minimum atomic E-state index is -0.233. The molecule has 0 bridgehead atoms. The quantitative estimate of drug-likeness (QED) is 0.582. The largest absolute Gasteiger partial charge is 0.466 e. The molecule has 1 N–H and O–H groups in total. The molecule has 0 radical (unpaired) electrons. The van der Waals surface area contributed by atoms with E-state index in [0.717, 1.165) is 32.6 Å². The Labute approximate surface area is 102 Å². The van der Waals surface area contributed by atoms with Crippen LogP contribution in [0, 0.1) is 5.92 Å². The van der Waals surface area contributed by atoms with Crippen LogP contribution in [0.3, 0.4) is 0 Å². The third-order valence-corrected chi connectivity index (χ3v) is 3.65. The fourth-order valence-corrected chi connectivity index (χ4v) is 2.76. The Bertz CT molecular complexity index is 295. The van der Waals surface area contributed by atoms with Crippen molar-refractivity contribution < 1.29 is 14.3 Å². The van der Waals surface area contributed by atoms with Gasteiger partial charge in [0.2, 0.25) is 0 Å². The molecular weight excluding hydrogens is 218 g/mol. The predicted octanol–water partition coefficient (Wildman–Crippen LogP) is 1.26. The van der Waals surface area contributed by atoms with Crippen molar-refractivity contribution in [3.63, 3.8) is 0 Å². The Morgan fingerprint density at radius 2 is 2.41 bits per heavy atom. The van der Waals surface area contributed by atoms with Crippen LogP contribution in [0.25, 0.3) is 0 Å². The summed E-state index contributed by atoms with van der Waals surface area (Å²) in [6.07, 6.45) is 6.25. The monoisotopic (exact) mass is 239 g/mol. The summed E-state index contributed by atoms with van der Waals surface area (Å²) >= 11 is 0. The average Bonchev–Trinajstić information content (AvgIpc) is 2.40. The molecule has 0 amide bonds. The van der Waals surface area contributed by atoms with E-state index in [0.29, 0.717) is 12.0 Å². The van der Waals surface area contributed by atoms with Gasteiger partial charge >= 0.3 is 5.97 Å². The summed E-state index contributed by atoms with van der Waals surface area (Å²) in [5, 5.41) is 3.49. The standard InChI is InChI=1S/C13H21NO3/c1-16-13(15)8-10-4-2-3-5-11(10)12-9-17-7-6-14-12/h8,11-12,14H,2-7,9H2,1H3/b10-8-. The highest BCUT2D eigenvalue weighted by Gasteiger charge is 2.29. The van der Waals surface area contributed by atoms with Crippen molar-refractivity contribution >= 4 is 5.97 Å². The molecule has 0 aromatic rings. The van der Waals surface area contributed by atoms with Crippen molar-refractivity contribution in [2.75, 3.05) is 26.9 Å². The number of hydrogen-bond acceptors (Lipinski definition) is 4. The molecule has 0 aromatic carbocycles. The summed E-state index contributed by atoms with van der Waals surface area (Å²) in [6, 6.07) is 0.361. The first kappa shape index (κ1) is 12.6. The third-order valence-electron chi connectivity index (χ3n) is 3.65. The maximum Gasteiger partial charge on any atom is 0.330 e. The molecule has 1 saturated carbocycles. The molecule has 96 valence electrons. The molecular formula is C13H21NO3. The molecule has 0 spiro atoms. The van der Waals surface area contributed by atoms with Crippen molar-refractivity contribution in [2.24, 2.45) is 5.92 Å². The lowest BCUT2D eigenvalue weighted by Gasteiger charge is -2.35. The minimum Gasteiger partial charge on any atom is -0.466 e. The zero-order valence-corrected chi connectivity index (χ0v) is 10.4. The lowest BCUT2D eigenvalue weighted by Crippen LogP contribution is -2.47. The second-order valence-electron chi connectivity index (χ2n) is 4.73. The van der Waals surface area contributed by atoms with Crippen molar-refractivity contribution in [1.29, 1.82) is 0 Å². The van der Waals surface area contributed by atoms with Crippen molar-refractivity contribution in [3.05, 3.63) is 11.6 Å². The molecule has 1 saturated heterocycles. The lowest BCUT2D eigenvalue weighted by molar-refractivity contribution is -0.134. The minimum absolute atomic E-state index is 0.233. The number of morpholine rings is 1. The van der Waals surface area contributed by atoms with E-state index in [1.165, 1.54) is 25.5 Å². The van der Waals surface area contributed by atoms with Crippen molar-refractivity contribution in [1.82, 2.24) is 5.32 Å². The topological polar surface area (TPSA) is 47.6 Å². The van der Waals surface area contributed by atoms with Crippen molar-refractivity contribution in [3.8, 4) is 0 Å².